The highest BCUT2D eigenvalue weighted by molar-refractivity contribution is 5.99. The summed E-state index contributed by atoms with van der Waals surface area (Å²) in [5, 5.41) is 0. The summed E-state index contributed by atoms with van der Waals surface area (Å²) in [5.41, 5.74) is 1.71. The van der Waals surface area contributed by atoms with Crippen LogP contribution in [-0.4, -0.2) is 29.9 Å². The van der Waals surface area contributed by atoms with Crippen molar-refractivity contribution in [2.45, 2.75) is 113 Å². The minimum atomic E-state index is -0.360. The largest absolute Gasteiger partial charge is 0.463 e. The lowest BCUT2D eigenvalue weighted by molar-refractivity contribution is -0.154. The average molecular weight is 513 g/mol. The predicted octanol–water partition coefficient (Wildman–Crippen LogP) is 6.85. The summed E-state index contributed by atoms with van der Waals surface area (Å²) in [5.74, 6) is 2.07. The Morgan fingerprint density at radius 1 is 0.946 bits per heavy atom. The molecule has 0 heterocycles. The Hall–Kier alpha value is -1.91. The van der Waals surface area contributed by atoms with Crippen LogP contribution in [0.2, 0.25) is 0 Å². The third-order valence-corrected chi connectivity index (χ3v) is 10.8. The molecular weight excluding hydrogens is 464 g/mol. The van der Waals surface area contributed by atoms with Crippen LogP contribution in [0, 0.1) is 46.3 Å². The molecule has 0 unspecified atom stereocenters. The minimum Gasteiger partial charge on any atom is -0.463 e. The Morgan fingerprint density at radius 3 is 2.24 bits per heavy atom. The molecule has 0 spiro atoms. The maximum atomic E-state index is 14.1. The lowest BCUT2D eigenvalue weighted by atomic mass is 9.49. The van der Waals surface area contributed by atoms with E-state index in [1.54, 1.807) is 0 Å². The summed E-state index contributed by atoms with van der Waals surface area (Å²) >= 11 is 0. The lowest BCUT2D eigenvalue weighted by Crippen LogP contribution is -2.53. The monoisotopic (exact) mass is 512 g/mol. The minimum absolute atomic E-state index is 0.128. The van der Waals surface area contributed by atoms with Gasteiger partial charge >= 0.3 is 11.9 Å². The number of ketones is 1. The summed E-state index contributed by atoms with van der Waals surface area (Å²) in [7, 11) is 0. The molecule has 0 N–H and O–H groups in total. The van der Waals surface area contributed by atoms with Gasteiger partial charge in [-0.05, 0) is 90.4 Å². The Morgan fingerprint density at radius 2 is 1.62 bits per heavy atom. The first-order valence-electron chi connectivity index (χ1n) is 14.6. The first-order chi connectivity index (χ1) is 17.3. The fourth-order valence-corrected chi connectivity index (χ4v) is 8.49. The van der Waals surface area contributed by atoms with E-state index >= 15 is 0 Å². The zero-order chi connectivity index (χ0) is 27.3. The third-order valence-electron chi connectivity index (χ3n) is 10.8. The molecule has 0 aromatic rings. The second-order valence-corrected chi connectivity index (χ2v) is 13.5. The van der Waals surface area contributed by atoms with Crippen LogP contribution >= 0.6 is 0 Å². The van der Waals surface area contributed by atoms with Crippen LogP contribution in [0.5, 0.6) is 0 Å². The first-order valence-corrected chi connectivity index (χ1v) is 14.6. The zero-order valence-corrected chi connectivity index (χ0v) is 24.3. The molecule has 9 atom stereocenters. The molecule has 0 radical (unpaired) electrons. The van der Waals surface area contributed by atoms with Crippen LogP contribution in [0.3, 0.4) is 0 Å². The maximum absolute atomic E-state index is 14.1. The quantitative estimate of drug-likeness (QED) is 0.288. The number of carbonyl (C=O) groups is 3. The van der Waals surface area contributed by atoms with Crippen molar-refractivity contribution in [3.63, 3.8) is 0 Å². The molecule has 0 saturated heterocycles. The zero-order valence-electron chi connectivity index (χ0n) is 24.3. The van der Waals surface area contributed by atoms with Crippen molar-refractivity contribution in [2.24, 2.45) is 46.3 Å². The number of rotatable bonds is 6. The van der Waals surface area contributed by atoms with E-state index < -0.39 is 0 Å². The summed E-state index contributed by atoms with van der Waals surface area (Å²) in [4.78, 5) is 38.1. The van der Waals surface area contributed by atoms with Gasteiger partial charge < -0.3 is 9.47 Å². The molecular formula is C32H48O5. The molecule has 2 saturated carbocycles. The summed E-state index contributed by atoms with van der Waals surface area (Å²) in [6.07, 6.45) is 9.98. The fraction of sp³-hybridized carbons (Fsp3) is 0.781. The van der Waals surface area contributed by atoms with Gasteiger partial charge in [0.15, 0.2) is 5.78 Å². The molecule has 0 aliphatic heterocycles. The van der Waals surface area contributed by atoms with Gasteiger partial charge in [-0.2, -0.15) is 0 Å². The van der Waals surface area contributed by atoms with Crippen molar-refractivity contribution < 1.29 is 23.9 Å². The normalized spacial score (nSPS) is 39.2. The van der Waals surface area contributed by atoms with Crippen molar-refractivity contribution in [3.05, 3.63) is 23.3 Å². The molecule has 4 aliphatic carbocycles. The van der Waals surface area contributed by atoms with Crippen LogP contribution < -0.4 is 0 Å². The van der Waals surface area contributed by atoms with E-state index in [0.29, 0.717) is 36.5 Å². The number of hydrogen-bond donors (Lipinski definition) is 0. The third kappa shape index (κ3) is 5.08. The molecule has 37 heavy (non-hydrogen) atoms. The Kier molecular flexibility index (Phi) is 7.85. The van der Waals surface area contributed by atoms with Gasteiger partial charge in [0.1, 0.15) is 12.2 Å². The first kappa shape index (κ1) is 28.1. The summed E-state index contributed by atoms with van der Waals surface area (Å²) in [6.45, 7) is 16.6. The van der Waals surface area contributed by atoms with Crippen LogP contribution in [0.4, 0.5) is 0 Å². The lowest BCUT2D eigenvalue weighted by Gasteiger charge is -2.55. The van der Waals surface area contributed by atoms with E-state index in [4.69, 9.17) is 9.47 Å². The van der Waals surface area contributed by atoms with E-state index in [0.717, 1.165) is 43.3 Å². The molecule has 0 aromatic heterocycles. The van der Waals surface area contributed by atoms with Gasteiger partial charge in [-0.15, -0.1) is 0 Å². The van der Waals surface area contributed by atoms with Crippen molar-refractivity contribution in [3.8, 4) is 0 Å². The second kappa shape index (κ2) is 10.3. The van der Waals surface area contributed by atoms with Crippen molar-refractivity contribution in [2.75, 3.05) is 0 Å². The van der Waals surface area contributed by atoms with Gasteiger partial charge in [0.2, 0.25) is 0 Å². The highest BCUT2D eigenvalue weighted by atomic mass is 16.5. The SMILES string of the molecule is CC(=O)O[C@@H]1CC[C@]2(C)C3=C([C@H](OC(C)=O)C[C@H]2C1)[C@@H]1CC[C@H]([C@H](C)/C=C/[C@H](C)C(C)C)[C@@]1(C)CC3=O. The van der Waals surface area contributed by atoms with Crippen LogP contribution in [0.1, 0.15) is 100 Å². The Balaban J connectivity index is 1.70. The highest BCUT2D eigenvalue weighted by Gasteiger charge is 2.61. The van der Waals surface area contributed by atoms with E-state index in [1.165, 1.54) is 13.8 Å². The standard InChI is InChI=1S/C32H48O5/c1-18(2)19(3)9-10-20(4)25-11-12-26-29-28(37-22(6)34)16-23-15-24(36-21(5)33)13-14-31(23,7)30(29)27(35)17-32(25,26)8/h9-10,18-20,23-26,28H,11-17H2,1-8H3/b10-9+/t19-,20+,23+,24+,25+,26-,28+,31-,32+/m0/s1. The molecule has 4 aliphatic rings. The summed E-state index contributed by atoms with van der Waals surface area (Å²) < 4.78 is 11.6. The van der Waals surface area contributed by atoms with E-state index in [2.05, 4.69) is 53.7 Å². The number of carbonyl (C=O) groups excluding carboxylic acids is 3. The van der Waals surface area contributed by atoms with Gasteiger partial charge in [0.25, 0.3) is 0 Å². The molecule has 206 valence electrons. The van der Waals surface area contributed by atoms with Crippen molar-refractivity contribution in [1.29, 1.82) is 0 Å². The van der Waals surface area contributed by atoms with Crippen LogP contribution in [-0.2, 0) is 23.9 Å². The van der Waals surface area contributed by atoms with Crippen molar-refractivity contribution in [1.82, 2.24) is 0 Å². The van der Waals surface area contributed by atoms with Gasteiger partial charge in [-0.1, -0.05) is 53.7 Å². The second-order valence-electron chi connectivity index (χ2n) is 13.5. The van der Waals surface area contributed by atoms with Crippen LogP contribution in [0.15, 0.2) is 23.3 Å². The topological polar surface area (TPSA) is 69.7 Å². The van der Waals surface area contributed by atoms with Crippen molar-refractivity contribution >= 4 is 17.7 Å². The maximum Gasteiger partial charge on any atom is 0.303 e. The predicted molar refractivity (Wildman–Crippen MR) is 144 cm³/mol. The fourth-order valence-electron chi connectivity index (χ4n) is 8.49. The molecule has 5 heteroatoms. The Labute approximate surface area is 223 Å². The highest BCUT2D eigenvalue weighted by Crippen LogP contribution is 2.65. The smallest absolute Gasteiger partial charge is 0.303 e. The number of fused-ring (bicyclic) bond motifs is 4. The Bertz CT molecular complexity index is 991. The number of allylic oxidation sites excluding steroid dienone is 3. The number of hydrogen-bond acceptors (Lipinski definition) is 5. The molecule has 5 nitrogen and oxygen atoms in total. The molecule has 2 fully saturated rings. The molecule has 0 aromatic carbocycles. The van der Waals surface area contributed by atoms with Gasteiger partial charge in [0, 0.05) is 25.8 Å². The van der Waals surface area contributed by atoms with E-state index in [1.807, 2.05) is 0 Å². The van der Waals surface area contributed by atoms with Gasteiger partial charge in [-0.25, -0.2) is 0 Å². The van der Waals surface area contributed by atoms with E-state index in [9.17, 15) is 14.4 Å². The number of Topliss-reactive ketones (excluding diaryl/α,β-unsaturated/α-hetero) is 1. The van der Waals surface area contributed by atoms with E-state index in [-0.39, 0.29) is 52.6 Å². The molecule has 0 bridgehead atoms. The number of ether oxygens (including phenoxy) is 2. The van der Waals surface area contributed by atoms with Gasteiger partial charge in [-0.3, -0.25) is 14.4 Å². The number of esters is 2. The molecule has 0 amide bonds. The van der Waals surface area contributed by atoms with Crippen LogP contribution in [0.25, 0.3) is 0 Å². The van der Waals surface area contributed by atoms with Gasteiger partial charge in [0.05, 0.1) is 0 Å². The summed E-state index contributed by atoms with van der Waals surface area (Å²) in [6, 6.07) is 0. The average Bonchev–Trinajstić information content (AvgIpc) is 3.13. The molecule has 4 rings (SSSR count).